The van der Waals surface area contributed by atoms with Gasteiger partial charge >= 0.3 is 0 Å². The molecule has 1 atom stereocenters. The lowest BCUT2D eigenvalue weighted by atomic mass is 9.89. The maximum Gasteiger partial charge on any atom is 0.231 e. The summed E-state index contributed by atoms with van der Waals surface area (Å²) in [5, 5.41) is 9.98. The van der Waals surface area contributed by atoms with E-state index in [2.05, 4.69) is 0 Å². The predicted octanol–water partition coefficient (Wildman–Crippen LogP) is 2.84. The highest BCUT2D eigenvalue weighted by molar-refractivity contribution is 5.56. The highest BCUT2D eigenvalue weighted by atomic mass is 16.7. The molecule has 0 bridgehead atoms. The zero-order valence-electron chi connectivity index (χ0n) is 13.2. The lowest BCUT2D eigenvalue weighted by molar-refractivity contribution is 0.106. The average Bonchev–Trinajstić information content (AvgIpc) is 2.84. The fourth-order valence-corrected chi connectivity index (χ4v) is 1.30. The molecule has 0 fully saturated rings. The van der Waals surface area contributed by atoms with Gasteiger partial charge in [-0.3, -0.25) is 0 Å². The topological polar surface area (TPSA) is 38.7 Å². The molecule has 92 valence electrons. The van der Waals surface area contributed by atoms with Crippen LogP contribution in [0.25, 0.3) is 6.08 Å². The summed E-state index contributed by atoms with van der Waals surface area (Å²) < 4.78 is 34.1. The molecular weight excluding hydrogens is 216 g/mol. The van der Waals surface area contributed by atoms with Crippen molar-refractivity contribution in [2.75, 3.05) is 6.79 Å². The zero-order valence-corrected chi connectivity index (χ0v) is 10.2. The molecule has 1 aromatic carbocycles. The van der Waals surface area contributed by atoms with E-state index in [1.54, 1.807) is 0 Å². The molecule has 1 aromatic rings. The Kier molecular flexibility index (Phi) is 2.23. The van der Waals surface area contributed by atoms with E-state index in [1.165, 1.54) is 12.2 Å². The molecule has 2 rings (SSSR count). The molecule has 0 radical (unpaired) electrons. The summed E-state index contributed by atoms with van der Waals surface area (Å²) in [7, 11) is 0. The second kappa shape index (κ2) is 4.41. The molecular formula is C14H18O3. The number of ether oxygens (including phenoxy) is 2. The lowest BCUT2D eigenvalue weighted by Gasteiger charge is -2.22. The van der Waals surface area contributed by atoms with E-state index in [1.807, 2.05) is 20.8 Å². The molecule has 0 saturated heterocycles. The minimum atomic E-state index is -0.707. The van der Waals surface area contributed by atoms with Crippen LogP contribution in [-0.2, 0) is 0 Å². The number of fused-ring (bicyclic) bond motifs is 1. The van der Waals surface area contributed by atoms with Crippen LogP contribution in [0.3, 0.4) is 0 Å². The number of rotatable bonds is 2. The maximum absolute atomic E-state index is 9.98. The minimum absolute atomic E-state index is 0.0101. The molecule has 3 nitrogen and oxygen atoms in total. The van der Waals surface area contributed by atoms with Gasteiger partial charge in [0, 0.05) is 0 Å². The van der Waals surface area contributed by atoms with Gasteiger partial charge in [-0.1, -0.05) is 39.0 Å². The molecule has 1 unspecified atom stereocenters. The lowest BCUT2D eigenvalue weighted by Crippen LogP contribution is -2.23. The fraction of sp³-hybridized carbons (Fsp3) is 0.429. The van der Waals surface area contributed by atoms with Gasteiger partial charge in [0.15, 0.2) is 11.5 Å². The first kappa shape index (κ1) is 8.59. The number of aliphatic hydroxyl groups excluding tert-OH is 1. The SMILES string of the molecule is [2H]c1c([2H])c2c(c([2H])c1/C=C/C(O)C(C)(C)C)OCO2. The van der Waals surface area contributed by atoms with Crippen LogP contribution in [0.15, 0.2) is 24.2 Å². The Morgan fingerprint density at radius 2 is 2.06 bits per heavy atom. The first-order valence-electron chi connectivity index (χ1n) is 6.99. The van der Waals surface area contributed by atoms with Gasteiger partial charge < -0.3 is 14.6 Å². The van der Waals surface area contributed by atoms with Crippen molar-refractivity contribution in [2.24, 2.45) is 5.41 Å². The Hall–Kier alpha value is -1.48. The predicted molar refractivity (Wildman–Crippen MR) is 67.1 cm³/mol. The van der Waals surface area contributed by atoms with E-state index in [9.17, 15) is 5.11 Å². The van der Waals surface area contributed by atoms with Gasteiger partial charge in [0.2, 0.25) is 6.79 Å². The van der Waals surface area contributed by atoms with Crippen molar-refractivity contribution in [1.82, 2.24) is 0 Å². The van der Waals surface area contributed by atoms with Gasteiger partial charge in [0.25, 0.3) is 0 Å². The normalized spacial score (nSPS) is 18.9. The fourth-order valence-electron chi connectivity index (χ4n) is 1.30. The van der Waals surface area contributed by atoms with Gasteiger partial charge in [-0.15, -0.1) is 0 Å². The number of benzene rings is 1. The van der Waals surface area contributed by atoms with Crippen molar-refractivity contribution in [3.8, 4) is 11.5 Å². The molecule has 0 saturated carbocycles. The smallest absolute Gasteiger partial charge is 0.231 e. The summed E-state index contributed by atoms with van der Waals surface area (Å²) in [4.78, 5) is 0. The first-order valence-corrected chi connectivity index (χ1v) is 5.49. The molecule has 1 aliphatic heterocycles. The van der Waals surface area contributed by atoms with Gasteiger partial charge in [-0.2, -0.15) is 0 Å². The summed E-state index contributed by atoms with van der Waals surface area (Å²) >= 11 is 0. The monoisotopic (exact) mass is 237 g/mol. The second-order valence-electron chi connectivity index (χ2n) is 5.02. The van der Waals surface area contributed by atoms with E-state index < -0.39 is 6.10 Å². The molecule has 1 heterocycles. The summed E-state index contributed by atoms with van der Waals surface area (Å²) in [6.45, 7) is 5.63. The van der Waals surface area contributed by atoms with Crippen LogP contribution >= 0.6 is 0 Å². The quantitative estimate of drug-likeness (QED) is 0.859. The van der Waals surface area contributed by atoms with Gasteiger partial charge in [0.1, 0.15) is 0 Å². The average molecular weight is 237 g/mol. The Morgan fingerprint density at radius 3 is 2.76 bits per heavy atom. The van der Waals surface area contributed by atoms with Crippen molar-refractivity contribution in [3.05, 3.63) is 29.8 Å². The first-order chi connectivity index (χ1) is 9.23. The van der Waals surface area contributed by atoms with Crippen molar-refractivity contribution in [1.29, 1.82) is 0 Å². The molecule has 0 aliphatic carbocycles. The third-order valence-corrected chi connectivity index (χ3v) is 2.50. The Morgan fingerprint density at radius 1 is 1.35 bits per heavy atom. The van der Waals surface area contributed by atoms with Crippen LogP contribution in [0.4, 0.5) is 0 Å². The molecule has 0 amide bonds. The summed E-state index contributed by atoms with van der Waals surface area (Å²) in [5.41, 5.74) is -0.0800. The number of aliphatic hydroxyl groups is 1. The van der Waals surface area contributed by atoms with Crippen LogP contribution in [0, 0.1) is 5.41 Å². The molecule has 3 heteroatoms. The number of hydrogen-bond acceptors (Lipinski definition) is 3. The van der Waals surface area contributed by atoms with Crippen molar-refractivity contribution in [3.63, 3.8) is 0 Å². The third kappa shape index (κ3) is 2.80. The molecule has 1 N–H and O–H groups in total. The molecule has 17 heavy (non-hydrogen) atoms. The summed E-state index contributed by atoms with van der Waals surface area (Å²) in [6.07, 6.45) is 2.33. The standard InChI is InChI=1S/C14H18O3/c1-14(2,3)13(15)7-5-10-4-6-11-12(8-10)17-9-16-11/h4-8,13,15H,9H2,1-3H3/b7-5+/i4D,6D,8D. The van der Waals surface area contributed by atoms with E-state index in [0.717, 1.165) is 0 Å². The third-order valence-electron chi connectivity index (χ3n) is 2.50. The van der Waals surface area contributed by atoms with Crippen LogP contribution in [-0.4, -0.2) is 18.0 Å². The van der Waals surface area contributed by atoms with Gasteiger partial charge in [0.05, 0.1) is 10.2 Å². The highest BCUT2D eigenvalue weighted by Gasteiger charge is 2.19. The van der Waals surface area contributed by atoms with Crippen molar-refractivity contribution in [2.45, 2.75) is 26.9 Å². The zero-order chi connectivity index (χ0) is 15.1. The van der Waals surface area contributed by atoms with E-state index in [0.29, 0.717) is 0 Å². The largest absolute Gasteiger partial charge is 0.454 e. The van der Waals surface area contributed by atoms with Crippen molar-refractivity contribution < 1.29 is 18.7 Å². The highest BCUT2D eigenvalue weighted by Crippen LogP contribution is 2.33. The van der Waals surface area contributed by atoms with E-state index in [4.69, 9.17) is 13.6 Å². The molecule has 1 aliphatic rings. The second-order valence-corrected chi connectivity index (χ2v) is 5.02. The van der Waals surface area contributed by atoms with Crippen LogP contribution in [0.5, 0.6) is 11.5 Å². The van der Waals surface area contributed by atoms with E-state index >= 15 is 0 Å². The van der Waals surface area contributed by atoms with Crippen LogP contribution < -0.4 is 9.47 Å². The molecule has 0 spiro atoms. The van der Waals surface area contributed by atoms with Crippen LogP contribution in [0.2, 0.25) is 0 Å². The van der Waals surface area contributed by atoms with Gasteiger partial charge in [-0.25, -0.2) is 0 Å². The maximum atomic E-state index is 9.98. The minimum Gasteiger partial charge on any atom is -0.454 e. The van der Waals surface area contributed by atoms with Crippen molar-refractivity contribution >= 4 is 6.08 Å². The summed E-state index contributed by atoms with van der Waals surface area (Å²) in [6, 6.07) is -0.189. The molecule has 0 aromatic heterocycles. The number of hydrogen-bond donors (Lipinski definition) is 1. The Labute approximate surface area is 106 Å². The summed E-state index contributed by atoms with van der Waals surface area (Å²) in [5.74, 6) is 0.337. The Balaban J connectivity index is 2.44. The van der Waals surface area contributed by atoms with Crippen LogP contribution in [0.1, 0.15) is 30.4 Å². The van der Waals surface area contributed by atoms with Gasteiger partial charge in [-0.05, 0) is 23.1 Å². The Bertz CT molecular complexity index is 562. The van der Waals surface area contributed by atoms with E-state index in [-0.39, 0.29) is 47.4 Å².